The summed E-state index contributed by atoms with van der Waals surface area (Å²) in [6.07, 6.45) is -0.0338. The Bertz CT molecular complexity index is 1730. The van der Waals surface area contributed by atoms with Crippen molar-refractivity contribution in [1.29, 1.82) is 0 Å². The number of nitrogens with one attached hydrogen (secondary N) is 2. The molecule has 0 radical (unpaired) electrons. The number of nitrogens with zero attached hydrogens (tertiary/aromatic N) is 4. The molecule has 0 atom stereocenters. The lowest BCUT2D eigenvalue weighted by Gasteiger charge is -2.12. The number of hydrogen-bond acceptors (Lipinski definition) is 12. The molecule has 0 amide bonds. The van der Waals surface area contributed by atoms with Crippen LogP contribution in [0.25, 0.3) is 0 Å². The second kappa shape index (κ2) is 13.5. The summed E-state index contributed by atoms with van der Waals surface area (Å²) in [5.41, 5.74) is 1.28. The van der Waals surface area contributed by atoms with Gasteiger partial charge in [-0.3, -0.25) is 14.7 Å². The fourth-order valence-corrected chi connectivity index (χ4v) is 4.25. The summed E-state index contributed by atoms with van der Waals surface area (Å²) in [7, 11) is -7.58. The molecule has 0 saturated carbocycles. The van der Waals surface area contributed by atoms with Crippen molar-refractivity contribution < 1.29 is 30.5 Å². The van der Waals surface area contributed by atoms with Crippen molar-refractivity contribution in [3.63, 3.8) is 0 Å². The highest BCUT2D eigenvalue weighted by molar-refractivity contribution is 7.85. The zero-order valence-corrected chi connectivity index (χ0v) is 22.5. The Kier molecular flexibility index (Phi) is 10.2. The molecule has 14 nitrogen and oxygen atoms in total. The van der Waals surface area contributed by atoms with Crippen molar-refractivity contribution in [2.24, 2.45) is 0 Å². The lowest BCUT2D eigenvalue weighted by atomic mass is 10.1. The molecule has 0 unspecified atom stereocenters. The van der Waals surface area contributed by atoms with Crippen LogP contribution in [0.4, 0.5) is 23.3 Å². The lowest BCUT2D eigenvalue weighted by Crippen LogP contribution is -2.11. The molecule has 0 aliphatic rings. The molecule has 3 N–H and O–H groups in total. The minimum absolute atomic E-state index is 0.0195. The van der Waals surface area contributed by atoms with E-state index >= 15 is 0 Å². The highest BCUT2D eigenvalue weighted by Gasteiger charge is 2.18. The third-order valence-electron chi connectivity index (χ3n) is 4.97. The van der Waals surface area contributed by atoms with Gasteiger partial charge in [0.2, 0.25) is 11.9 Å². The first-order valence-corrected chi connectivity index (χ1v) is 13.8. The number of halogens is 1. The van der Waals surface area contributed by atoms with Crippen molar-refractivity contribution >= 4 is 55.6 Å². The number of hydrogen-bond donors (Lipinski definition) is 3. The van der Waals surface area contributed by atoms with Gasteiger partial charge in [-0.05, 0) is 29.3 Å². The van der Waals surface area contributed by atoms with E-state index < -0.39 is 25.7 Å². The molecule has 0 spiro atoms. The molecule has 4 rings (SSSR count). The number of anilines is 3. The van der Waals surface area contributed by atoms with E-state index in [4.69, 9.17) is 24.2 Å². The van der Waals surface area contributed by atoms with Crippen LogP contribution in [-0.4, -0.2) is 45.5 Å². The normalized spacial score (nSPS) is 10.7. The Hall–Kier alpha value is -4.51. The van der Waals surface area contributed by atoms with E-state index in [-0.39, 0.29) is 45.3 Å². The number of rotatable bonds is 9. The van der Waals surface area contributed by atoms with Gasteiger partial charge < -0.3 is 10.6 Å². The van der Waals surface area contributed by atoms with Crippen LogP contribution in [0.3, 0.4) is 0 Å². The Balaban J connectivity index is 0.00000103. The number of nitro benzene ring substituents is 1. The van der Waals surface area contributed by atoms with E-state index in [0.717, 1.165) is 5.56 Å². The molecule has 40 heavy (non-hydrogen) atoms. The second-order valence-electron chi connectivity index (χ2n) is 7.75. The average molecular weight is 607 g/mol. The first-order chi connectivity index (χ1) is 18.9. The van der Waals surface area contributed by atoms with Gasteiger partial charge in [-0.25, -0.2) is 0 Å². The van der Waals surface area contributed by atoms with Crippen molar-refractivity contribution in [3.05, 3.63) is 105 Å². The Morgan fingerprint density at radius 2 is 1.55 bits per heavy atom. The smallest absolute Gasteiger partial charge is 0.350 e. The summed E-state index contributed by atoms with van der Waals surface area (Å²) < 4.78 is 58.5. The highest BCUT2D eigenvalue weighted by atomic mass is 35.5. The molecule has 17 heteroatoms. The summed E-state index contributed by atoms with van der Waals surface area (Å²) in [5, 5.41) is 17.2. The quantitative estimate of drug-likeness (QED) is 0.141. The largest absolute Gasteiger partial charge is 0.425 e. The van der Waals surface area contributed by atoms with Gasteiger partial charge in [0.1, 0.15) is 10.8 Å². The molecule has 3 aromatic carbocycles. The van der Waals surface area contributed by atoms with Gasteiger partial charge in [0, 0.05) is 24.7 Å². The predicted molar refractivity (Wildman–Crippen MR) is 144 cm³/mol. The maximum Gasteiger partial charge on any atom is 0.425 e. The first-order valence-electron chi connectivity index (χ1n) is 11.0. The van der Waals surface area contributed by atoms with Gasteiger partial charge in [-0.1, -0.05) is 60.1 Å². The van der Waals surface area contributed by atoms with E-state index in [9.17, 15) is 23.1 Å². The summed E-state index contributed by atoms with van der Waals surface area (Å²) in [6, 6.07) is 19.6. The zero-order valence-electron chi connectivity index (χ0n) is 20.1. The van der Waals surface area contributed by atoms with Crippen LogP contribution in [0, 0.1) is 10.1 Å². The number of aromatic nitrogens is 3. The molecule has 0 saturated heterocycles. The third-order valence-corrected chi connectivity index (χ3v) is 6.25. The monoisotopic (exact) mass is 606 g/mol. The maximum absolute atomic E-state index is 11.8. The molecule has 0 aliphatic carbocycles. The fourth-order valence-electron chi connectivity index (χ4n) is 3.34. The molecular formula is C23H19ClN6O8S2. The summed E-state index contributed by atoms with van der Waals surface area (Å²) in [6.45, 7) is 0.401. The van der Waals surface area contributed by atoms with Gasteiger partial charge in [-0.15, -0.1) is 12.6 Å². The summed E-state index contributed by atoms with van der Waals surface area (Å²) in [5.74, 6) is 0.457. The standard InChI is InChI=1S/C23H19ClN6O5S.O3S/c24-18-11-10-17(13-19(18)30(31)32)26-23-28-21(12-16-8-4-5-9-20(16)36(33,34)35)27-22(29-23)25-14-15-6-2-1-3-7-15;1-4(2)3/h1-11,13H,12,14H2,(H,33,34,35)(H2,25,26,27,28,29);. The summed E-state index contributed by atoms with van der Waals surface area (Å²) >= 11 is 5.90. The van der Waals surface area contributed by atoms with E-state index in [1.54, 1.807) is 12.1 Å². The van der Waals surface area contributed by atoms with E-state index in [2.05, 4.69) is 25.6 Å². The van der Waals surface area contributed by atoms with Gasteiger partial charge in [0.15, 0.2) is 0 Å². The van der Waals surface area contributed by atoms with Crippen LogP contribution < -0.4 is 10.6 Å². The highest BCUT2D eigenvalue weighted by Crippen LogP contribution is 2.28. The Morgan fingerprint density at radius 1 is 0.925 bits per heavy atom. The van der Waals surface area contributed by atoms with Crippen molar-refractivity contribution in [1.82, 2.24) is 15.0 Å². The van der Waals surface area contributed by atoms with Crippen molar-refractivity contribution in [3.8, 4) is 0 Å². The third kappa shape index (κ3) is 9.05. The van der Waals surface area contributed by atoms with Crippen LogP contribution in [0.5, 0.6) is 0 Å². The van der Waals surface area contributed by atoms with Crippen LogP contribution in [0.2, 0.25) is 5.02 Å². The topological polar surface area (TPSA) is 211 Å². The number of benzene rings is 3. The SMILES string of the molecule is O=S(=O)=O.O=[N+]([O-])c1cc(Nc2nc(Cc3ccccc3S(=O)(=O)O)nc(NCc3ccccc3)n2)ccc1Cl. The summed E-state index contributed by atoms with van der Waals surface area (Å²) in [4.78, 5) is 23.5. The first kappa shape index (κ1) is 30.0. The van der Waals surface area contributed by atoms with Crippen LogP contribution in [0.15, 0.2) is 77.7 Å². The van der Waals surface area contributed by atoms with Crippen LogP contribution in [-0.2, 0) is 33.7 Å². The van der Waals surface area contributed by atoms with E-state index in [0.29, 0.717) is 12.2 Å². The van der Waals surface area contributed by atoms with Crippen LogP contribution >= 0.6 is 11.6 Å². The second-order valence-corrected chi connectivity index (χ2v) is 9.96. The molecule has 4 aromatic rings. The zero-order chi connectivity index (χ0) is 29.3. The Morgan fingerprint density at radius 3 is 2.20 bits per heavy atom. The van der Waals surface area contributed by atoms with Gasteiger partial charge in [0.05, 0.1) is 9.82 Å². The van der Waals surface area contributed by atoms with E-state index in [1.165, 1.54) is 30.3 Å². The molecular weight excluding hydrogens is 588 g/mol. The van der Waals surface area contributed by atoms with Gasteiger partial charge in [-0.2, -0.15) is 23.4 Å². The molecule has 208 valence electrons. The molecule has 0 fully saturated rings. The Labute approximate surface area is 234 Å². The average Bonchev–Trinajstić information content (AvgIpc) is 2.88. The molecule has 0 aliphatic heterocycles. The van der Waals surface area contributed by atoms with Crippen molar-refractivity contribution in [2.45, 2.75) is 17.9 Å². The maximum atomic E-state index is 11.8. The van der Waals surface area contributed by atoms with Gasteiger partial charge >= 0.3 is 10.6 Å². The minimum atomic E-state index is -4.46. The van der Waals surface area contributed by atoms with E-state index in [1.807, 2.05) is 30.3 Å². The van der Waals surface area contributed by atoms with Crippen LogP contribution in [0.1, 0.15) is 17.0 Å². The molecule has 0 bridgehead atoms. The molecule has 1 heterocycles. The van der Waals surface area contributed by atoms with Gasteiger partial charge in [0.25, 0.3) is 15.8 Å². The van der Waals surface area contributed by atoms with Crippen molar-refractivity contribution in [2.75, 3.05) is 10.6 Å². The molecule has 1 aromatic heterocycles. The predicted octanol–water partition coefficient (Wildman–Crippen LogP) is 3.62. The lowest BCUT2D eigenvalue weighted by molar-refractivity contribution is -0.384. The minimum Gasteiger partial charge on any atom is -0.350 e. The number of nitro groups is 1. The fraction of sp³-hybridized carbons (Fsp3) is 0.0870.